The molecule has 2 aromatic heterocycles. The van der Waals surface area contributed by atoms with Crippen molar-refractivity contribution in [2.45, 2.75) is 13.5 Å². The number of carbonyl (C=O) groups is 1. The number of fused-ring (bicyclic) bond motifs is 1. The molecule has 0 unspecified atom stereocenters. The van der Waals surface area contributed by atoms with Crippen LogP contribution >= 0.6 is 35.7 Å². The monoisotopic (exact) mass is 524 g/mol. The van der Waals surface area contributed by atoms with Gasteiger partial charge in [0.2, 0.25) is 0 Å². The fourth-order valence-corrected chi connectivity index (χ4v) is 6.26. The molecule has 0 radical (unpaired) electrons. The summed E-state index contributed by atoms with van der Waals surface area (Å²) in [6.45, 7) is 3.91. The Bertz CT molecular complexity index is 1400. The summed E-state index contributed by atoms with van der Waals surface area (Å²) in [5.74, 6) is 3.12. The van der Waals surface area contributed by atoms with E-state index >= 15 is 0 Å². The van der Waals surface area contributed by atoms with Crippen LogP contribution in [-0.4, -0.2) is 56.2 Å². The second-order valence-corrected chi connectivity index (χ2v) is 11.2. The molecule has 1 amide bonds. The van der Waals surface area contributed by atoms with Crippen LogP contribution in [0.1, 0.15) is 16.7 Å². The van der Waals surface area contributed by atoms with Gasteiger partial charge in [-0.2, -0.15) is 11.8 Å². The number of benzene rings is 1. The maximum atomic E-state index is 13.6. The van der Waals surface area contributed by atoms with Crippen molar-refractivity contribution in [2.75, 3.05) is 36.6 Å². The number of thioether (sulfide) groups is 2. The highest BCUT2D eigenvalue weighted by molar-refractivity contribution is 8.26. The van der Waals surface area contributed by atoms with Crippen LogP contribution in [0.3, 0.4) is 0 Å². The van der Waals surface area contributed by atoms with Gasteiger partial charge in [-0.3, -0.25) is 18.9 Å². The Morgan fingerprint density at radius 2 is 1.89 bits per heavy atom. The molecule has 2 aliphatic heterocycles. The minimum absolute atomic E-state index is 0.188. The highest BCUT2D eigenvalue weighted by Gasteiger charge is 2.33. The Morgan fingerprint density at radius 3 is 2.60 bits per heavy atom. The van der Waals surface area contributed by atoms with E-state index in [9.17, 15) is 9.59 Å². The molecule has 2 aliphatic rings. The molecule has 0 bridgehead atoms. The van der Waals surface area contributed by atoms with Gasteiger partial charge in [-0.25, -0.2) is 4.98 Å². The first-order chi connectivity index (χ1) is 17.0. The lowest BCUT2D eigenvalue weighted by molar-refractivity contribution is -0.122. The fourth-order valence-electron chi connectivity index (χ4n) is 4.12. The third kappa shape index (κ3) is 4.70. The molecule has 5 rings (SSSR count). The van der Waals surface area contributed by atoms with Gasteiger partial charge < -0.3 is 9.64 Å². The molecule has 0 saturated carbocycles. The summed E-state index contributed by atoms with van der Waals surface area (Å²) in [5.41, 5.74) is 2.74. The molecule has 2 saturated heterocycles. The van der Waals surface area contributed by atoms with Crippen LogP contribution in [0.4, 0.5) is 5.82 Å². The molecule has 0 spiro atoms. The molecule has 10 heteroatoms. The van der Waals surface area contributed by atoms with Crippen molar-refractivity contribution >= 4 is 63.5 Å². The first kappa shape index (κ1) is 23.9. The second kappa shape index (κ2) is 10.0. The van der Waals surface area contributed by atoms with Crippen LogP contribution in [0.25, 0.3) is 11.7 Å². The zero-order valence-corrected chi connectivity index (χ0v) is 21.8. The van der Waals surface area contributed by atoms with E-state index in [0.29, 0.717) is 32.8 Å². The fraction of sp³-hybridized carbons (Fsp3) is 0.280. The number of amides is 1. The molecule has 2 fully saturated rings. The normalized spacial score (nSPS) is 17.6. The maximum Gasteiger partial charge on any atom is 0.267 e. The number of aromatic nitrogens is 2. The highest BCUT2D eigenvalue weighted by Crippen LogP contribution is 2.35. The summed E-state index contributed by atoms with van der Waals surface area (Å²) < 4.78 is 7.24. The van der Waals surface area contributed by atoms with Crippen molar-refractivity contribution in [3.8, 4) is 5.75 Å². The van der Waals surface area contributed by atoms with E-state index in [0.717, 1.165) is 41.5 Å². The number of ether oxygens (including phenoxy) is 1. The number of methoxy groups -OCH3 is 1. The predicted molar refractivity (Wildman–Crippen MR) is 147 cm³/mol. The molecule has 4 heterocycles. The van der Waals surface area contributed by atoms with Crippen molar-refractivity contribution in [1.82, 2.24) is 14.3 Å². The lowest BCUT2D eigenvalue weighted by Gasteiger charge is -2.29. The van der Waals surface area contributed by atoms with Crippen LogP contribution in [0, 0.1) is 6.92 Å². The number of aryl methyl sites for hydroxylation is 1. The number of carbonyl (C=O) groups excluding carboxylic acids is 1. The van der Waals surface area contributed by atoms with Gasteiger partial charge in [0.25, 0.3) is 11.5 Å². The summed E-state index contributed by atoms with van der Waals surface area (Å²) in [4.78, 5) is 36.0. The molecule has 0 aliphatic carbocycles. The van der Waals surface area contributed by atoms with Crippen molar-refractivity contribution in [3.05, 3.63) is 74.5 Å². The van der Waals surface area contributed by atoms with Gasteiger partial charge in [-0.1, -0.05) is 42.2 Å². The van der Waals surface area contributed by atoms with Crippen molar-refractivity contribution in [3.63, 3.8) is 0 Å². The molecular formula is C25H24N4O3S3. The summed E-state index contributed by atoms with van der Waals surface area (Å²) in [6, 6.07) is 11.3. The van der Waals surface area contributed by atoms with E-state index in [1.165, 1.54) is 11.8 Å². The average molecular weight is 525 g/mol. The van der Waals surface area contributed by atoms with Gasteiger partial charge in [0, 0.05) is 30.8 Å². The average Bonchev–Trinajstić information content (AvgIpc) is 3.14. The molecule has 3 aromatic rings. The van der Waals surface area contributed by atoms with Gasteiger partial charge in [-0.05, 0) is 42.3 Å². The Morgan fingerprint density at radius 1 is 1.14 bits per heavy atom. The lowest BCUT2D eigenvalue weighted by Crippen LogP contribution is -2.36. The second-order valence-electron chi connectivity index (χ2n) is 8.25. The van der Waals surface area contributed by atoms with E-state index in [4.69, 9.17) is 21.9 Å². The van der Waals surface area contributed by atoms with Crippen molar-refractivity contribution in [1.29, 1.82) is 0 Å². The maximum absolute atomic E-state index is 13.6. The SMILES string of the molecule is COc1ccc(CN2C(=O)C(=Cc3c(N4CCSCC4)nc4c(C)cccn4c3=O)SC2=S)cc1. The standard InChI is InChI=1S/C25H24N4O3S3/c1-16-4-3-9-28-21(16)26-22(27-10-12-34-13-11-27)19(23(28)30)14-20-24(31)29(25(33)35-20)15-17-5-7-18(32-2)8-6-17/h3-9,14H,10-13,15H2,1-2H3. The van der Waals surface area contributed by atoms with Gasteiger partial charge in [-0.15, -0.1) is 0 Å². The van der Waals surface area contributed by atoms with Gasteiger partial charge in [0.05, 0.1) is 24.1 Å². The highest BCUT2D eigenvalue weighted by atomic mass is 32.2. The summed E-state index contributed by atoms with van der Waals surface area (Å²) >= 11 is 8.64. The smallest absolute Gasteiger partial charge is 0.267 e. The van der Waals surface area contributed by atoms with Crippen molar-refractivity contribution < 1.29 is 9.53 Å². The number of thiocarbonyl (C=S) groups is 1. The number of hydrogen-bond donors (Lipinski definition) is 0. The Balaban J connectivity index is 1.54. The number of rotatable bonds is 5. The Hall–Kier alpha value is -2.82. The Labute approximate surface area is 217 Å². The molecule has 1 aromatic carbocycles. The van der Waals surface area contributed by atoms with E-state index in [-0.39, 0.29) is 11.5 Å². The Kier molecular flexibility index (Phi) is 6.86. The predicted octanol–water partition coefficient (Wildman–Crippen LogP) is 3.97. The van der Waals surface area contributed by atoms with Gasteiger partial charge in [0.15, 0.2) is 0 Å². The molecule has 180 valence electrons. The minimum atomic E-state index is -0.204. The van der Waals surface area contributed by atoms with Crippen LogP contribution < -0.4 is 15.2 Å². The molecular weight excluding hydrogens is 501 g/mol. The number of pyridine rings is 1. The number of nitrogens with zero attached hydrogens (tertiary/aromatic N) is 4. The number of hydrogen-bond acceptors (Lipinski definition) is 8. The van der Waals surface area contributed by atoms with Crippen molar-refractivity contribution in [2.24, 2.45) is 0 Å². The van der Waals surface area contributed by atoms with Crippen LogP contribution in [0.15, 0.2) is 52.3 Å². The van der Waals surface area contributed by atoms with Crippen LogP contribution in [0.2, 0.25) is 0 Å². The van der Waals surface area contributed by atoms with E-state index in [1.807, 2.05) is 55.1 Å². The minimum Gasteiger partial charge on any atom is -0.497 e. The molecule has 35 heavy (non-hydrogen) atoms. The molecule has 0 atom stereocenters. The summed E-state index contributed by atoms with van der Waals surface area (Å²) in [5, 5.41) is 0. The number of anilines is 1. The molecule has 0 N–H and O–H groups in total. The first-order valence-corrected chi connectivity index (χ1v) is 13.6. The zero-order valence-electron chi connectivity index (χ0n) is 19.4. The van der Waals surface area contributed by atoms with E-state index < -0.39 is 0 Å². The molecule has 7 nitrogen and oxygen atoms in total. The first-order valence-electron chi connectivity index (χ1n) is 11.2. The third-order valence-corrected chi connectivity index (χ3v) is 8.34. The summed E-state index contributed by atoms with van der Waals surface area (Å²) in [7, 11) is 1.62. The van der Waals surface area contributed by atoms with Gasteiger partial charge >= 0.3 is 0 Å². The van der Waals surface area contributed by atoms with Gasteiger partial charge in [0.1, 0.15) is 21.5 Å². The largest absolute Gasteiger partial charge is 0.497 e. The zero-order chi connectivity index (χ0) is 24.5. The van der Waals surface area contributed by atoms with E-state index in [2.05, 4.69) is 4.90 Å². The summed E-state index contributed by atoms with van der Waals surface area (Å²) in [6.07, 6.45) is 3.40. The third-order valence-electron chi connectivity index (χ3n) is 6.02. The topological polar surface area (TPSA) is 67.2 Å². The quantitative estimate of drug-likeness (QED) is 0.367. The van der Waals surface area contributed by atoms with E-state index in [1.54, 1.807) is 28.7 Å². The van der Waals surface area contributed by atoms with Crippen LogP contribution in [-0.2, 0) is 11.3 Å². The van der Waals surface area contributed by atoms with Crippen LogP contribution in [0.5, 0.6) is 5.75 Å². The lowest BCUT2D eigenvalue weighted by atomic mass is 10.2.